The van der Waals surface area contributed by atoms with Crippen molar-refractivity contribution < 1.29 is 34.7 Å². The van der Waals surface area contributed by atoms with Gasteiger partial charge in [-0.1, -0.05) is 0 Å². The predicted molar refractivity (Wildman–Crippen MR) is 232 cm³/mol. The summed E-state index contributed by atoms with van der Waals surface area (Å²) in [6.45, 7) is 0. The number of phenols is 3. The topological polar surface area (TPSA) is 142 Å². The molecule has 0 aliphatic heterocycles. The molecule has 4 rings (SSSR count). The molecule has 4 aromatic carbocycles. The van der Waals surface area contributed by atoms with E-state index in [1.54, 1.807) is 36.4 Å². The molecule has 6 N–H and O–H groups in total. The number of benzene rings is 4. The Morgan fingerprint density at radius 2 is 0.884 bits per heavy atom. The number of phenolic OH excluding ortho intramolecular Hbond substituents is 3. The van der Waals surface area contributed by atoms with Crippen molar-refractivity contribution in [2.75, 3.05) is 0 Å². The van der Waals surface area contributed by atoms with E-state index < -0.39 is 12.0 Å². The van der Waals surface area contributed by atoms with Gasteiger partial charge < -0.3 is 35.6 Å². The summed E-state index contributed by atoms with van der Waals surface area (Å²) in [4.78, 5) is 10.9. The quantitative estimate of drug-likeness (QED) is 0.115. The van der Waals surface area contributed by atoms with Gasteiger partial charge in [0, 0.05) is 0 Å². The van der Waals surface area contributed by atoms with Crippen LogP contribution in [0.25, 0.3) is 0 Å². The fraction of sp³-hybridized carbons (Fsp3) is 0.0741. The molecule has 0 spiro atoms. The molecular formula is C27H17I8NO7. The van der Waals surface area contributed by atoms with Crippen LogP contribution in [0.15, 0.2) is 48.5 Å². The maximum Gasteiger partial charge on any atom is 0.320 e. The van der Waals surface area contributed by atoms with Crippen LogP contribution in [0.2, 0.25) is 0 Å². The molecule has 0 aliphatic rings. The number of nitrogens with two attached hydrogens (primary N) is 1. The van der Waals surface area contributed by atoms with E-state index in [1.165, 1.54) is 0 Å². The molecule has 0 bridgehead atoms. The van der Waals surface area contributed by atoms with Crippen LogP contribution in [-0.2, 0) is 11.2 Å². The zero-order valence-electron chi connectivity index (χ0n) is 21.0. The third-order valence-corrected chi connectivity index (χ3v) is 11.8. The van der Waals surface area contributed by atoms with Gasteiger partial charge in [-0.2, -0.15) is 0 Å². The number of carboxylic acids is 1. The number of hydrogen-bond acceptors (Lipinski definition) is 7. The molecule has 228 valence electrons. The Bertz CT molecular complexity index is 1540. The highest BCUT2D eigenvalue weighted by Gasteiger charge is 2.17. The summed E-state index contributed by atoms with van der Waals surface area (Å²) >= 11 is 16.7. The van der Waals surface area contributed by atoms with Gasteiger partial charge in [-0.05, 0) is 241 Å². The molecule has 4 aromatic rings. The molecule has 0 amide bonds. The number of hydrogen-bond donors (Lipinski definition) is 5. The van der Waals surface area contributed by atoms with Crippen LogP contribution < -0.4 is 15.2 Å². The van der Waals surface area contributed by atoms with Gasteiger partial charge in [0.05, 0.1) is 28.6 Å². The summed E-state index contributed by atoms with van der Waals surface area (Å²) in [6.07, 6.45) is 0.261. The van der Waals surface area contributed by atoms with Crippen LogP contribution in [0.4, 0.5) is 0 Å². The maximum absolute atomic E-state index is 10.9. The van der Waals surface area contributed by atoms with Gasteiger partial charge in [-0.15, -0.1) is 0 Å². The summed E-state index contributed by atoms with van der Waals surface area (Å²) in [5.41, 5.74) is 6.44. The van der Waals surface area contributed by atoms with Gasteiger partial charge in [0.25, 0.3) is 0 Å². The second-order valence-corrected chi connectivity index (χ2v) is 17.7. The number of aromatic hydroxyl groups is 3. The van der Waals surface area contributed by atoms with Crippen molar-refractivity contribution in [3.05, 3.63) is 82.7 Å². The summed E-state index contributed by atoms with van der Waals surface area (Å²) in [5, 5.41) is 38.2. The highest BCUT2D eigenvalue weighted by Crippen LogP contribution is 2.38. The number of ether oxygens (including phenoxy) is 2. The summed E-state index contributed by atoms with van der Waals surface area (Å²) in [7, 11) is 0. The lowest BCUT2D eigenvalue weighted by Gasteiger charge is -2.14. The molecular weight excluding hydrogens is 1470 g/mol. The number of aliphatic carboxylic acids is 1. The standard InChI is InChI=1S/C15H11I4NO4.C12H6I4O3/c16-8-4-7(5-9(17)13(8)21)24-14-10(18)1-6(2-11(14)19)3-12(20)15(22)23;13-7-1-5(2-8(14)11(7)17)19-6-3-9(15)12(18)10(16)4-6/h1-2,4-5,12,21H,3,20H2,(H,22,23);1-4,17-18H. The van der Waals surface area contributed by atoms with E-state index in [2.05, 4.69) is 181 Å². The van der Waals surface area contributed by atoms with Crippen molar-refractivity contribution in [3.63, 3.8) is 0 Å². The first-order valence-corrected chi connectivity index (χ1v) is 20.1. The molecule has 0 heterocycles. The molecule has 0 radical (unpaired) electrons. The Morgan fingerprint density at radius 3 is 1.19 bits per heavy atom. The Labute approximate surface area is 356 Å². The fourth-order valence-corrected chi connectivity index (χ4v) is 10.5. The van der Waals surface area contributed by atoms with E-state index in [0.717, 1.165) is 27.0 Å². The minimum Gasteiger partial charge on any atom is -0.506 e. The minimum absolute atomic E-state index is 0.242. The summed E-state index contributed by atoms with van der Waals surface area (Å²) in [6, 6.07) is 13.4. The van der Waals surface area contributed by atoms with Crippen LogP contribution >= 0.6 is 181 Å². The van der Waals surface area contributed by atoms with Crippen molar-refractivity contribution >= 4 is 187 Å². The molecule has 1 unspecified atom stereocenters. The van der Waals surface area contributed by atoms with E-state index >= 15 is 0 Å². The smallest absolute Gasteiger partial charge is 0.320 e. The van der Waals surface area contributed by atoms with Crippen LogP contribution in [0.5, 0.6) is 40.2 Å². The van der Waals surface area contributed by atoms with Gasteiger partial charge in [0.15, 0.2) is 5.75 Å². The number of rotatable bonds is 7. The van der Waals surface area contributed by atoms with Crippen LogP contribution in [0, 0.1) is 28.6 Å². The molecule has 43 heavy (non-hydrogen) atoms. The van der Waals surface area contributed by atoms with Gasteiger partial charge in [0.1, 0.15) is 40.5 Å². The first-order chi connectivity index (χ1) is 20.1. The second-order valence-electron chi connectivity index (χ2n) is 8.45. The van der Waals surface area contributed by atoms with Crippen molar-refractivity contribution in [1.82, 2.24) is 0 Å². The second kappa shape index (κ2) is 17.5. The van der Waals surface area contributed by atoms with E-state index in [1.807, 2.05) is 12.1 Å². The Hall–Kier alpha value is 1.15. The first-order valence-electron chi connectivity index (χ1n) is 11.4. The van der Waals surface area contributed by atoms with E-state index in [4.69, 9.17) is 20.3 Å². The average Bonchev–Trinajstić information content (AvgIpc) is 2.91. The van der Waals surface area contributed by atoms with E-state index in [0.29, 0.717) is 30.1 Å². The van der Waals surface area contributed by atoms with E-state index in [-0.39, 0.29) is 23.7 Å². The lowest BCUT2D eigenvalue weighted by Crippen LogP contribution is -2.32. The maximum atomic E-state index is 10.9. The Balaban J connectivity index is 0.000000242. The van der Waals surface area contributed by atoms with Gasteiger partial charge in [0.2, 0.25) is 0 Å². The molecule has 0 aromatic heterocycles. The molecule has 1 atom stereocenters. The zero-order chi connectivity index (χ0) is 32.2. The predicted octanol–water partition coefficient (Wildman–Crippen LogP) is 9.87. The normalized spacial score (nSPS) is 11.4. The van der Waals surface area contributed by atoms with Gasteiger partial charge in [-0.25, -0.2) is 0 Å². The monoisotopic (exact) mass is 1480 g/mol. The van der Waals surface area contributed by atoms with Crippen LogP contribution in [-0.4, -0.2) is 32.4 Å². The summed E-state index contributed by atoms with van der Waals surface area (Å²) < 4.78 is 17.9. The number of carboxylic acid groups (broad SMARTS) is 1. The summed E-state index contributed by atoms with van der Waals surface area (Å²) in [5.74, 6) is 2.40. The van der Waals surface area contributed by atoms with Crippen molar-refractivity contribution in [3.8, 4) is 40.2 Å². The molecule has 0 aliphatic carbocycles. The SMILES string of the molecule is NC(Cc1cc(I)c(Oc2cc(I)c(O)c(I)c2)c(I)c1)C(=O)O.Oc1c(I)cc(Oc2cc(I)c(O)c(I)c2)cc1I. The number of carbonyl (C=O) groups is 1. The zero-order valence-corrected chi connectivity index (χ0v) is 38.3. The Morgan fingerprint density at radius 1 is 0.581 bits per heavy atom. The largest absolute Gasteiger partial charge is 0.506 e. The third kappa shape index (κ3) is 11.1. The van der Waals surface area contributed by atoms with Crippen molar-refractivity contribution in [1.29, 1.82) is 0 Å². The highest BCUT2D eigenvalue weighted by atomic mass is 127. The molecule has 16 heteroatoms. The minimum atomic E-state index is -1.02. The average molecular weight is 1480 g/mol. The molecule has 0 saturated carbocycles. The van der Waals surface area contributed by atoms with E-state index in [9.17, 15) is 20.1 Å². The fourth-order valence-electron chi connectivity index (χ4n) is 3.23. The number of halogens is 8. The van der Waals surface area contributed by atoms with Crippen LogP contribution in [0.3, 0.4) is 0 Å². The molecule has 8 nitrogen and oxygen atoms in total. The first kappa shape index (κ1) is 38.6. The lowest BCUT2D eigenvalue weighted by molar-refractivity contribution is -0.138. The molecule has 0 saturated heterocycles. The molecule has 0 fully saturated rings. The van der Waals surface area contributed by atoms with Crippen molar-refractivity contribution in [2.45, 2.75) is 12.5 Å². The lowest BCUT2D eigenvalue weighted by atomic mass is 10.1. The third-order valence-electron chi connectivity index (χ3n) is 5.26. The van der Waals surface area contributed by atoms with Gasteiger partial charge >= 0.3 is 5.97 Å². The Kier molecular flexibility index (Phi) is 15.7. The highest BCUT2D eigenvalue weighted by molar-refractivity contribution is 14.1. The van der Waals surface area contributed by atoms with Crippen LogP contribution in [0.1, 0.15) is 5.56 Å². The van der Waals surface area contributed by atoms with Crippen molar-refractivity contribution in [2.24, 2.45) is 5.73 Å². The van der Waals surface area contributed by atoms with Gasteiger partial charge in [-0.3, -0.25) is 4.79 Å².